The highest BCUT2D eigenvalue weighted by molar-refractivity contribution is 7.98. The molecule has 1 fully saturated rings. The predicted molar refractivity (Wildman–Crippen MR) is 143 cm³/mol. The van der Waals surface area contributed by atoms with E-state index in [1.807, 2.05) is 55.1 Å². The number of hydrogen-bond acceptors (Lipinski definition) is 4. The Morgan fingerprint density at radius 2 is 1.71 bits per heavy atom. The van der Waals surface area contributed by atoms with Gasteiger partial charge in [0.05, 0.1) is 16.6 Å². The first-order chi connectivity index (χ1) is 16.9. The Labute approximate surface area is 213 Å². The summed E-state index contributed by atoms with van der Waals surface area (Å²) >= 11 is 7.85. The fraction of sp³-hybridized carbons (Fsp3) is 0.250. The third-order valence-electron chi connectivity index (χ3n) is 6.26. The fourth-order valence-electron chi connectivity index (χ4n) is 4.56. The van der Waals surface area contributed by atoms with Gasteiger partial charge < -0.3 is 4.90 Å². The molecule has 4 aromatic rings. The van der Waals surface area contributed by atoms with Crippen LogP contribution in [0.5, 0.6) is 0 Å². The summed E-state index contributed by atoms with van der Waals surface area (Å²) in [7, 11) is 0. The van der Waals surface area contributed by atoms with E-state index < -0.39 is 0 Å². The zero-order valence-electron chi connectivity index (χ0n) is 19.8. The third kappa shape index (κ3) is 4.86. The van der Waals surface area contributed by atoms with Crippen LogP contribution in [0.3, 0.4) is 0 Å². The van der Waals surface area contributed by atoms with Crippen molar-refractivity contribution in [3.05, 3.63) is 98.3 Å². The number of nitrogens with zero attached hydrogens (tertiary/aromatic N) is 3. The van der Waals surface area contributed by atoms with Gasteiger partial charge in [0, 0.05) is 29.4 Å². The van der Waals surface area contributed by atoms with E-state index in [-0.39, 0.29) is 11.5 Å². The van der Waals surface area contributed by atoms with Crippen molar-refractivity contribution in [1.82, 2.24) is 14.5 Å². The van der Waals surface area contributed by atoms with Gasteiger partial charge in [-0.05, 0) is 79.8 Å². The molecule has 3 aromatic carbocycles. The van der Waals surface area contributed by atoms with E-state index >= 15 is 0 Å². The minimum Gasteiger partial charge on any atom is -0.339 e. The number of aryl methyl sites for hydroxylation is 2. The van der Waals surface area contributed by atoms with Crippen molar-refractivity contribution in [3.63, 3.8) is 0 Å². The summed E-state index contributed by atoms with van der Waals surface area (Å²) < 4.78 is 1.67. The lowest BCUT2D eigenvalue weighted by Crippen LogP contribution is -2.28. The van der Waals surface area contributed by atoms with E-state index in [0.29, 0.717) is 32.4 Å². The molecule has 0 unspecified atom stereocenters. The van der Waals surface area contributed by atoms with Crippen molar-refractivity contribution >= 4 is 40.2 Å². The Hall–Kier alpha value is -3.09. The number of aromatic nitrogens is 2. The summed E-state index contributed by atoms with van der Waals surface area (Å²) in [6, 6.07) is 19.0. The number of amides is 1. The lowest BCUT2D eigenvalue weighted by Gasteiger charge is -2.17. The molecular formula is C28H26ClN3O2S. The highest BCUT2D eigenvalue weighted by Gasteiger charge is 2.21. The monoisotopic (exact) mass is 503 g/mol. The fourth-order valence-corrected chi connectivity index (χ4v) is 5.86. The summed E-state index contributed by atoms with van der Waals surface area (Å²) in [5.74, 6) is 0.560. The molecule has 2 heterocycles. The van der Waals surface area contributed by atoms with Crippen molar-refractivity contribution in [3.8, 4) is 5.69 Å². The molecule has 1 aromatic heterocycles. The van der Waals surface area contributed by atoms with E-state index in [2.05, 4.69) is 6.07 Å². The first kappa shape index (κ1) is 23.6. The maximum atomic E-state index is 13.8. The van der Waals surface area contributed by atoms with Crippen molar-refractivity contribution < 1.29 is 4.79 Å². The molecule has 7 heteroatoms. The Morgan fingerprint density at radius 1 is 1.00 bits per heavy atom. The molecule has 0 saturated carbocycles. The Balaban J connectivity index is 1.64. The predicted octanol–water partition coefficient (Wildman–Crippen LogP) is 6.18. The SMILES string of the molecule is Cc1cc(C)cc(-n2c(SCc3ccccc3Cl)nc3cc(C(=O)N4CCCC4)ccc3c2=O)c1. The van der Waals surface area contributed by atoms with Gasteiger partial charge in [0.2, 0.25) is 0 Å². The molecule has 0 spiro atoms. The molecule has 0 bridgehead atoms. The number of likely N-dealkylation sites (tertiary alicyclic amines) is 1. The smallest absolute Gasteiger partial charge is 0.266 e. The van der Waals surface area contributed by atoms with Crippen molar-refractivity contribution in [1.29, 1.82) is 0 Å². The molecule has 1 saturated heterocycles. The largest absolute Gasteiger partial charge is 0.339 e. The average Bonchev–Trinajstić information content (AvgIpc) is 3.37. The number of hydrogen-bond donors (Lipinski definition) is 0. The summed E-state index contributed by atoms with van der Waals surface area (Å²) in [6.45, 7) is 5.58. The molecule has 178 valence electrons. The summed E-state index contributed by atoms with van der Waals surface area (Å²) in [4.78, 5) is 33.5. The van der Waals surface area contributed by atoms with Crippen LogP contribution in [0.4, 0.5) is 0 Å². The molecule has 1 aliphatic heterocycles. The van der Waals surface area contributed by atoms with Crippen molar-refractivity contribution in [2.75, 3.05) is 13.1 Å². The second kappa shape index (κ2) is 9.88. The van der Waals surface area contributed by atoms with Crippen LogP contribution in [-0.4, -0.2) is 33.4 Å². The molecule has 1 aliphatic rings. The number of carbonyl (C=O) groups is 1. The topological polar surface area (TPSA) is 55.2 Å². The van der Waals surface area contributed by atoms with Gasteiger partial charge in [0.1, 0.15) is 0 Å². The zero-order valence-corrected chi connectivity index (χ0v) is 21.3. The molecule has 0 N–H and O–H groups in total. The van der Waals surface area contributed by atoms with Crippen LogP contribution in [0.15, 0.2) is 70.6 Å². The third-order valence-corrected chi connectivity index (χ3v) is 7.61. The Kier molecular flexibility index (Phi) is 6.67. The number of benzene rings is 3. The Bertz CT molecular complexity index is 1470. The minimum atomic E-state index is -0.151. The maximum absolute atomic E-state index is 13.8. The van der Waals surface area contributed by atoms with E-state index in [0.717, 1.165) is 48.3 Å². The molecule has 5 nitrogen and oxygen atoms in total. The summed E-state index contributed by atoms with van der Waals surface area (Å²) in [5.41, 5.74) is 4.84. The van der Waals surface area contributed by atoms with Gasteiger partial charge in [0.15, 0.2) is 5.16 Å². The van der Waals surface area contributed by atoms with Gasteiger partial charge in [-0.25, -0.2) is 4.98 Å². The number of fused-ring (bicyclic) bond motifs is 1. The van der Waals surface area contributed by atoms with E-state index in [9.17, 15) is 9.59 Å². The van der Waals surface area contributed by atoms with Crippen molar-refractivity contribution in [2.24, 2.45) is 0 Å². The lowest BCUT2D eigenvalue weighted by molar-refractivity contribution is 0.0793. The van der Waals surface area contributed by atoms with Crippen LogP contribution < -0.4 is 5.56 Å². The van der Waals surface area contributed by atoms with Crippen LogP contribution in [-0.2, 0) is 5.75 Å². The second-order valence-corrected chi connectivity index (χ2v) is 10.3. The number of thioether (sulfide) groups is 1. The minimum absolute atomic E-state index is 0.00467. The van der Waals surface area contributed by atoms with Crippen LogP contribution in [0.25, 0.3) is 16.6 Å². The van der Waals surface area contributed by atoms with Crippen LogP contribution in [0.2, 0.25) is 5.02 Å². The molecule has 1 amide bonds. The molecular weight excluding hydrogens is 478 g/mol. The van der Waals surface area contributed by atoms with Gasteiger partial charge in [-0.3, -0.25) is 14.2 Å². The molecule has 0 aliphatic carbocycles. The number of carbonyl (C=O) groups excluding carboxylic acids is 1. The van der Waals surface area contributed by atoms with Crippen LogP contribution >= 0.6 is 23.4 Å². The van der Waals surface area contributed by atoms with Crippen LogP contribution in [0, 0.1) is 13.8 Å². The molecule has 35 heavy (non-hydrogen) atoms. The molecule has 0 atom stereocenters. The number of rotatable bonds is 5. The van der Waals surface area contributed by atoms with Crippen LogP contribution in [0.1, 0.15) is 39.9 Å². The van der Waals surface area contributed by atoms with Gasteiger partial charge in [-0.15, -0.1) is 0 Å². The van der Waals surface area contributed by atoms with Gasteiger partial charge in [-0.2, -0.15) is 0 Å². The number of halogens is 1. The lowest BCUT2D eigenvalue weighted by atomic mass is 10.1. The normalized spacial score (nSPS) is 13.5. The Morgan fingerprint density at radius 3 is 2.43 bits per heavy atom. The molecule has 0 radical (unpaired) electrons. The average molecular weight is 504 g/mol. The van der Waals surface area contributed by atoms with Gasteiger partial charge in [-0.1, -0.05) is 47.6 Å². The summed E-state index contributed by atoms with van der Waals surface area (Å²) in [6.07, 6.45) is 2.06. The second-order valence-electron chi connectivity index (χ2n) is 8.99. The standard InChI is InChI=1S/C28H26ClN3O2S/c1-18-13-19(2)15-22(14-18)32-27(34)23-10-9-20(26(33)31-11-5-6-12-31)16-25(23)30-28(32)35-17-21-7-3-4-8-24(21)29/h3-4,7-10,13-16H,5-6,11-12,17H2,1-2H3. The van der Waals surface area contributed by atoms with Gasteiger partial charge in [0.25, 0.3) is 11.5 Å². The molecule has 5 rings (SSSR count). The quantitative estimate of drug-likeness (QED) is 0.241. The first-order valence-electron chi connectivity index (χ1n) is 11.7. The van der Waals surface area contributed by atoms with E-state index in [1.165, 1.54) is 11.8 Å². The zero-order chi connectivity index (χ0) is 24.5. The van der Waals surface area contributed by atoms with E-state index in [4.69, 9.17) is 16.6 Å². The highest BCUT2D eigenvalue weighted by Crippen LogP contribution is 2.28. The maximum Gasteiger partial charge on any atom is 0.266 e. The van der Waals surface area contributed by atoms with Crippen molar-refractivity contribution in [2.45, 2.75) is 37.6 Å². The van der Waals surface area contributed by atoms with Gasteiger partial charge >= 0.3 is 0 Å². The first-order valence-corrected chi connectivity index (χ1v) is 13.1. The van der Waals surface area contributed by atoms with E-state index in [1.54, 1.807) is 22.8 Å². The highest BCUT2D eigenvalue weighted by atomic mass is 35.5. The summed E-state index contributed by atoms with van der Waals surface area (Å²) in [5, 5.41) is 1.74.